The van der Waals surface area contributed by atoms with Crippen LogP contribution in [0.5, 0.6) is 5.75 Å². The summed E-state index contributed by atoms with van der Waals surface area (Å²) in [6.45, 7) is 0. The van der Waals surface area contributed by atoms with Gasteiger partial charge in [-0.1, -0.05) is 25.0 Å². The third-order valence-electron chi connectivity index (χ3n) is 3.72. The second kappa shape index (κ2) is 5.31. The van der Waals surface area contributed by atoms with Gasteiger partial charge in [0.25, 0.3) is 0 Å². The Morgan fingerprint density at radius 3 is 2.74 bits per heavy atom. The predicted octanol–water partition coefficient (Wildman–Crippen LogP) is 4.06. The summed E-state index contributed by atoms with van der Waals surface area (Å²) in [5.74, 6) is 0.217. The fourth-order valence-electron chi connectivity index (χ4n) is 2.65. The van der Waals surface area contributed by atoms with Gasteiger partial charge in [-0.2, -0.15) is 0 Å². The van der Waals surface area contributed by atoms with Crippen LogP contribution in [0.25, 0.3) is 0 Å². The SMILES string of the molecule is Oc1ccccc1N=Cc1ccn(C2CCCC2)c1. The fraction of sp³-hybridized carbons (Fsp3) is 0.312. The molecule has 3 rings (SSSR count). The molecule has 0 atom stereocenters. The van der Waals surface area contributed by atoms with Gasteiger partial charge < -0.3 is 9.67 Å². The normalized spacial score (nSPS) is 16.4. The zero-order chi connectivity index (χ0) is 13.1. The molecule has 0 saturated heterocycles. The van der Waals surface area contributed by atoms with Crippen LogP contribution in [0.4, 0.5) is 5.69 Å². The molecule has 3 heteroatoms. The summed E-state index contributed by atoms with van der Waals surface area (Å²) in [7, 11) is 0. The smallest absolute Gasteiger partial charge is 0.141 e. The first-order valence-electron chi connectivity index (χ1n) is 6.82. The number of para-hydroxylation sites is 2. The average molecular weight is 254 g/mol. The van der Waals surface area contributed by atoms with Crippen molar-refractivity contribution in [2.75, 3.05) is 0 Å². The minimum atomic E-state index is 0.217. The van der Waals surface area contributed by atoms with Crippen LogP contribution >= 0.6 is 0 Å². The standard InChI is InChI=1S/C16H18N2O/c19-16-8-4-3-7-15(16)17-11-13-9-10-18(12-13)14-5-1-2-6-14/h3-4,7-12,14,19H,1-2,5-6H2. The molecular formula is C16H18N2O. The molecule has 0 aliphatic heterocycles. The average Bonchev–Trinajstić information content (AvgIpc) is 3.09. The van der Waals surface area contributed by atoms with Crippen LogP contribution in [-0.4, -0.2) is 15.9 Å². The molecule has 98 valence electrons. The Morgan fingerprint density at radius 2 is 1.95 bits per heavy atom. The first kappa shape index (κ1) is 12.0. The molecule has 3 nitrogen and oxygen atoms in total. The Hall–Kier alpha value is -2.03. The highest BCUT2D eigenvalue weighted by atomic mass is 16.3. The van der Waals surface area contributed by atoms with E-state index in [0.717, 1.165) is 5.56 Å². The highest BCUT2D eigenvalue weighted by Gasteiger charge is 2.15. The summed E-state index contributed by atoms with van der Waals surface area (Å²) in [6.07, 6.45) is 11.3. The Labute approximate surface area is 113 Å². The van der Waals surface area contributed by atoms with Crippen LogP contribution in [-0.2, 0) is 0 Å². The number of phenolic OH excluding ortho intramolecular Hbond substituents is 1. The van der Waals surface area contributed by atoms with Gasteiger partial charge >= 0.3 is 0 Å². The number of aromatic hydroxyl groups is 1. The monoisotopic (exact) mass is 254 g/mol. The molecule has 1 aliphatic rings. The van der Waals surface area contributed by atoms with Crippen molar-refractivity contribution in [2.45, 2.75) is 31.7 Å². The number of hydrogen-bond acceptors (Lipinski definition) is 2. The number of aliphatic imine (C=N–C) groups is 1. The van der Waals surface area contributed by atoms with E-state index in [9.17, 15) is 5.11 Å². The van der Waals surface area contributed by atoms with Crippen molar-refractivity contribution >= 4 is 11.9 Å². The van der Waals surface area contributed by atoms with E-state index in [2.05, 4.69) is 28.0 Å². The van der Waals surface area contributed by atoms with Crippen LogP contribution in [0, 0.1) is 0 Å². The van der Waals surface area contributed by atoms with Gasteiger partial charge in [-0.3, -0.25) is 4.99 Å². The molecule has 2 aromatic rings. The van der Waals surface area contributed by atoms with Crippen molar-refractivity contribution in [2.24, 2.45) is 4.99 Å². The van der Waals surface area contributed by atoms with Crippen molar-refractivity contribution < 1.29 is 5.11 Å². The van der Waals surface area contributed by atoms with E-state index < -0.39 is 0 Å². The van der Waals surface area contributed by atoms with E-state index in [1.54, 1.807) is 24.4 Å². The maximum absolute atomic E-state index is 9.65. The van der Waals surface area contributed by atoms with Crippen molar-refractivity contribution in [3.63, 3.8) is 0 Å². The molecule has 0 unspecified atom stereocenters. The van der Waals surface area contributed by atoms with E-state index >= 15 is 0 Å². The molecular weight excluding hydrogens is 236 g/mol. The lowest BCUT2D eigenvalue weighted by molar-refractivity contribution is 0.477. The van der Waals surface area contributed by atoms with Gasteiger partial charge in [0.2, 0.25) is 0 Å². The quantitative estimate of drug-likeness (QED) is 0.824. The number of rotatable bonds is 3. The van der Waals surface area contributed by atoms with Crippen LogP contribution < -0.4 is 0 Å². The van der Waals surface area contributed by atoms with Gasteiger partial charge in [0.1, 0.15) is 11.4 Å². The summed E-state index contributed by atoms with van der Waals surface area (Å²) < 4.78 is 2.29. The van der Waals surface area contributed by atoms with Gasteiger partial charge in [0.05, 0.1) is 0 Å². The molecule has 1 aliphatic carbocycles. The molecule has 0 radical (unpaired) electrons. The Bertz CT molecular complexity index is 580. The third-order valence-corrected chi connectivity index (χ3v) is 3.72. The summed E-state index contributed by atoms with van der Waals surface area (Å²) in [5.41, 5.74) is 1.69. The minimum Gasteiger partial charge on any atom is -0.506 e. The van der Waals surface area contributed by atoms with Gasteiger partial charge in [0.15, 0.2) is 0 Å². The summed E-state index contributed by atoms with van der Waals surface area (Å²) >= 11 is 0. The van der Waals surface area contributed by atoms with Crippen molar-refractivity contribution in [1.82, 2.24) is 4.57 Å². The third kappa shape index (κ3) is 2.70. The van der Waals surface area contributed by atoms with Gasteiger partial charge in [-0.15, -0.1) is 0 Å². The zero-order valence-corrected chi connectivity index (χ0v) is 10.9. The molecule has 0 amide bonds. The molecule has 1 fully saturated rings. The molecule has 1 N–H and O–H groups in total. The van der Waals surface area contributed by atoms with Crippen molar-refractivity contribution in [3.05, 3.63) is 48.3 Å². The van der Waals surface area contributed by atoms with E-state index in [-0.39, 0.29) is 5.75 Å². The van der Waals surface area contributed by atoms with Gasteiger partial charge in [-0.25, -0.2) is 0 Å². The van der Waals surface area contributed by atoms with Crippen molar-refractivity contribution in [1.29, 1.82) is 0 Å². The minimum absolute atomic E-state index is 0.217. The fourth-order valence-corrected chi connectivity index (χ4v) is 2.65. The summed E-state index contributed by atoms with van der Waals surface area (Å²) in [5, 5.41) is 9.65. The highest BCUT2D eigenvalue weighted by molar-refractivity contribution is 5.82. The number of phenols is 1. The largest absolute Gasteiger partial charge is 0.506 e. The lowest BCUT2D eigenvalue weighted by atomic mass is 10.2. The molecule has 0 bridgehead atoms. The number of benzene rings is 1. The Balaban J connectivity index is 1.75. The number of nitrogens with zero attached hydrogens (tertiary/aromatic N) is 2. The predicted molar refractivity (Wildman–Crippen MR) is 77.3 cm³/mol. The summed E-state index contributed by atoms with van der Waals surface area (Å²) in [4.78, 5) is 4.33. The highest BCUT2D eigenvalue weighted by Crippen LogP contribution is 2.30. The van der Waals surface area contributed by atoms with E-state index in [1.807, 2.05) is 6.07 Å². The zero-order valence-electron chi connectivity index (χ0n) is 10.9. The number of hydrogen-bond donors (Lipinski definition) is 1. The lowest BCUT2D eigenvalue weighted by Gasteiger charge is -2.10. The lowest BCUT2D eigenvalue weighted by Crippen LogP contribution is -2.00. The van der Waals surface area contributed by atoms with Crippen molar-refractivity contribution in [3.8, 4) is 5.75 Å². The Morgan fingerprint density at radius 1 is 1.16 bits per heavy atom. The van der Waals surface area contributed by atoms with E-state index in [4.69, 9.17) is 0 Å². The van der Waals surface area contributed by atoms with E-state index in [1.165, 1.54) is 25.7 Å². The molecule has 1 heterocycles. The van der Waals surface area contributed by atoms with E-state index in [0.29, 0.717) is 11.7 Å². The van der Waals surface area contributed by atoms with Crippen LogP contribution in [0.3, 0.4) is 0 Å². The molecule has 19 heavy (non-hydrogen) atoms. The first-order valence-corrected chi connectivity index (χ1v) is 6.82. The van der Waals surface area contributed by atoms with Crippen LogP contribution in [0.2, 0.25) is 0 Å². The van der Waals surface area contributed by atoms with Gasteiger partial charge in [-0.05, 0) is 31.0 Å². The maximum Gasteiger partial charge on any atom is 0.141 e. The molecule has 1 aromatic carbocycles. The number of aromatic nitrogens is 1. The molecule has 1 aromatic heterocycles. The Kier molecular flexibility index (Phi) is 3.36. The summed E-state index contributed by atoms with van der Waals surface area (Å²) in [6, 6.07) is 9.85. The second-order valence-electron chi connectivity index (χ2n) is 5.08. The first-order chi connectivity index (χ1) is 9.33. The van der Waals surface area contributed by atoms with Crippen LogP contribution in [0.15, 0.2) is 47.7 Å². The molecule has 0 spiro atoms. The van der Waals surface area contributed by atoms with Crippen LogP contribution in [0.1, 0.15) is 37.3 Å². The topological polar surface area (TPSA) is 37.5 Å². The maximum atomic E-state index is 9.65. The second-order valence-corrected chi connectivity index (χ2v) is 5.08. The molecule has 1 saturated carbocycles. The van der Waals surface area contributed by atoms with Gasteiger partial charge in [0, 0.05) is 30.2 Å².